The van der Waals surface area contributed by atoms with E-state index in [-0.39, 0.29) is 6.04 Å². The van der Waals surface area contributed by atoms with Crippen LogP contribution in [0.15, 0.2) is 29.3 Å². The number of halogens is 1. The summed E-state index contributed by atoms with van der Waals surface area (Å²) in [7, 11) is 0. The summed E-state index contributed by atoms with van der Waals surface area (Å²) in [5, 5.41) is 0.776. The molecule has 12 heavy (non-hydrogen) atoms. The molecule has 0 saturated carbocycles. The molecule has 0 saturated heterocycles. The van der Waals surface area contributed by atoms with Crippen LogP contribution in [0.5, 0.6) is 0 Å². The molecule has 0 heterocycles. The van der Waals surface area contributed by atoms with Gasteiger partial charge < -0.3 is 0 Å². The molecular formula is C10H12ClN. The van der Waals surface area contributed by atoms with Crippen molar-refractivity contribution in [2.24, 2.45) is 4.99 Å². The Morgan fingerprint density at radius 1 is 1.42 bits per heavy atom. The van der Waals surface area contributed by atoms with Crippen LogP contribution >= 0.6 is 11.6 Å². The highest BCUT2D eigenvalue weighted by Crippen LogP contribution is 2.11. The van der Waals surface area contributed by atoms with Crippen LogP contribution in [0.25, 0.3) is 0 Å². The number of rotatable bonds is 3. The number of hydrogen-bond acceptors (Lipinski definition) is 1. The van der Waals surface area contributed by atoms with E-state index in [1.807, 2.05) is 31.2 Å². The van der Waals surface area contributed by atoms with Gasteiger partial charge in [-0.1, -0.05) is 23.7 Å². The summed E-state index contributed by atoms with van der Waals surface area (Å²) in [4.78, 5) is 3.92. The van der Waals surface area contributed by atoms with Gasteiger partial charge in [0, 0.05) is 5.02 Å². The minimum atomic E-state index is 0.283. The fraction of sp³-hybridized carbons (Fsp3) is 0.300. The zero-order valence-electron chi connectivity index (χ0n) is 7.13. The van der Waals surface area contributed by atoms with Gasteiger partial charge in [-0.2, -0.15) is 0 Å². The quantitative estimate of drug-likeness (QED) is 0.636. The van der Waals surface area contributed by atoms with Crippen molar-refractivity contribution >= 4 is 18.3 Å². The van der Waals surface area contributed by atoms with E-state index in [1.54, 1.807) is 0 Å². The summed E-state index contributed by atoms with van der Waals surface area (Å²) in [5.41, 5.74) is 1.25. The molecule has 0 radical (unpaired) electrons. The maximum atomic E-state index is 5.75. The molecule has 1 atom stereocenters. The lowest BCUT2D eigenvalue weighted by atomic mass is 10.1. The van der Waals surface area contributed by atoms with E-state index in [9.17, 15) is 0 Å². The van der Waals surface area contributed by atoms with Crippen molar-refractivity contribution in [1.29, 1.82) is 0 Å². The van der Waals surface area contributed by atoms with E-state index < -0.39 is 0 Å². The Morgan fingerprint density at radius 2 is 2.00 bits per heavy atom. The molecule has 64 valence electrons. The van der Waals surface area contributed by atoms with Gasteiger partial charge in [0.2, 0.25) is 0 Å². The highest BCUT2D eigenvalue weighted by atomic mass is 35.5. The molecule has 0 fully saturated rings. The van der Waals surface area contributed by atoms with Gasteiger partial charge in [-0.05, 0) is 37.8 Å². The van der Waals surface area contributed by atoms with Crippen LogP contribution in [0.3, 0.4) is 0 Å². The van der Waals surface area contributed by atoms with Crippen LogP contribution < -0.4 is 0 Å². The molecule has 0 aromatic heterocycles. The zero-order chi connectivity index (χ0) is 8.97. The standard InChI is InChI=1S/C10H12ClN/c1-8(12-2)7-9-3-5-10(11)6-4-9/h3-6,8H,2,7H2,1H3. The largest absolute Gasteiger partial charge is 0.298 e. The van der Waals surface area contributed by atoms with Gasteiger partial charge in [0.25, 0.3) is 0 Å². The minimum absolute atomic E-state index is 0.283. The number of benzene rings is 1. The molecule has 1 rings (SSSR count). The smallest absolute Gasteiger partial charge is 0.0504 e. The SMILES string of the molecule is C=NC(C)Cc1ccc(Cl)cc1. The van der Waals surface area contributed by atoms with Gasteiger partial charge in [0.05, 0.1) is 6.04 Å². The van der Waals surface area contributed by atoms with Crippen molar-refractivity contribution < 1.29 is 0 Å². The molecule has 0 bridgehead atoms. The van der Waals surface area contributed by atoms with E-state index in [0.29, 0.717) is 0 Å². The van der Waals surface area contributed by atoms with E-state index in [2.05, 4.69) is 11.7 Å². The molecule has 0 aliphatic carbocycles. The third kappa shape index (κ3) is 2.67. The van der Waals surface area contributed by atoms with Gasteiger partial charge in [-0.25, -0.2) is 0 Å². The Morgan fingerprint density at radius 3 is 2.50 bits per heavy atom. The van der Waals surface area contributed by atoms with Crippen LogP contribution in [0.4, 0.5) is 0 Å². The summed E-state index contributed by atoms with van der Waals surface area (Å²) in [6, 6.07) is 8.11. The number of nitrogens with zero attached hydrogens (tertiary/aromatic N) is 1. The molecular weight excluding hydrogens is 170 g/mol. The summed E-state index contributed by atoms with van der Waals surface area (Å²) in [6.07, 6.45) is 0.931. The fourth-order valence-electron chi connectivity index (χ4n) is 1.03. The van der Waals surface area contributed by atoms with Crippen molar-refractivity contribution in [3.63, 3.8) is 0 Å². The predicted molar refractivity (Wildman–Crippen MR) is 54.2 cm³/mol. The Hall–Kier alpha value is -0.820. The second-order valence-corrected chi connectivity index (χ2v) is 3.30. The summed E-state index contributed by atoms with van der Waals surface area (Å²) in [6.45, 7) is 5.54. The normalized spacial score (nSPS) is 12.5. The van der Waals surface area contributed by atoms with E-state index in [1.165, 1.54) is 5.56 Å². The van der Waals surface area contributed by atoms with Gasteiger partial charge in [-0.15, -0.1) is 0 Å². The molecule has 1 unspecified atom stereocenters. The molecule has 0 spiro atoms. The van der Waals surface area contributed by atoms with Crippen LogP contribution in [0.1, 0.15) is 12.5 Å². The van der Waals surface area contributed by atoms with Gasteiger partial charge >= 0.3 is 0 Å². The topological polar surface area (TPSA) is 12.4 Å². The second-order valence-electron chi connectivity index (χ2n) is 2.86. The van der Waals surface area contributed by atoms with Gasteiger partial charge in [0.1, 0.15) is 0 Å². The molecule has 2 heteroatoms. The third-order valence-electron chi connectivity index (χ3n) is 1.76. The van der Waals surface area contributed by atoms with Crippen LogP contribution in [-0.4, -0.2) is 12.8 Å². The summed E-state index contributed by atoms with van der Waals surface area (Å²) >= 11 is 5.75. The lowest BCUT2D eigenvalue weighted by Crippen LogP contribution is -2.01. The summed E-state index contributed by atoms with van der Waals surface area (Å²) < 4.78 is 0. The Bertz CT molecular complexity index is 253. The lowest BCUT2D eigenvalue weighted by molar-refractivity contribution is 0.746. The van der Waals surface area contributed by atoms with Crippen molar-refractivity contribution in [2.75, 3.05) is 0 Å². The average Bonchev–Trinajstić information content (AvgIpc) is 2.09. The van der Waals surface area contributed by atoms with E-state index >= 15 is 0 Å². The lowest BCUT2D eigenvalue weighted by Gasteiger charge is -2.04. The van der Waals surface area contributed by atoms with Crippen LogP contribution in [-0.2, 0) is 6.42 Å². The Balaban J connectivity index is 2.64. The summed E-state index contributed by atoms with van der Waals surface area (Å²) in [5.74, 6) is 0. The maximum absolute atomic E-state index is 5.75. The first-order chi connectivity index (χ1) is 5.72. The molecule has 0 N–H and O–H groups in total. The molecule has 0 amide bonds. The maximum Gasteiger partial charge on any atom is 0.0504 e. The number of hydrogen-bond donors (Lipinski definition) is 0. The molecule has 1 aromatic rings. The van der Waals surface area contributed by atoms with Crippen molar-refractivity contribution in [1.82, 2.24) is 0 Å². The minimum Gasteiger partial charge on any atom is -0.298 e. The monoisotopic (exact) mass is 181 g/mol. The van der Waals surface area contributed by atoms with Gasteiger partial charge in [0.15, 0.2) is 0 Å². The molecule has 0 aliphatic heterocycles. The zero-order valence-corrected chi connectivity index (χ0v) is 7.88. The van der Waals surface area contributed by atoms with Crippen molar-refractivity contribution in [2.45, 2.75) is 19.4 Å². The van der Waals surface area contributed by atoms with Crippen molar-refractivity contribution in [3.05, 3.63) is 34.9 Å². The first-order valence-corrected chi connectivity index (χ1v) is 4.30. The first-order valence-electron chi connectivity index (χ1n) is 3.92. The Kier molecular flexibility index (Phi) is 3.30. The molecule has 0 aliphatic rings. The van der Waals surface area contributed by atoms with Crippen molar-refractivity contribution in [3.8, 4) is 0 Å². The highest BCUT2D eigenvalue weighted by Gasteiger charge is 1.98. The van der Waals surface area contributed by atoms with E-state index in [0.717, 1.165) is 11.4 Å². The van der Waals surface area contributed by atoms with Crippen LogP contribution in [0.2, 0.25) is 5.02 Å². The average molecular weight is 182 g/mol. The molecule has 1 aromatic carbocycles. The number of aliphatic imine (C=N–C) groups is 1. The second kappa shape index (κ2) is 4.27. The first kappa shape index (κ1) is 9.27. The third-order valence-corrected chi connectivity index (χ3v) is 2.01. The molecule has 1 nitrogen and oxygen atoms in total. The predicted octanol–water partition coefficient (Wildman–Crippen LogP) is 2.97. The Labute approximate surface area is 78.1 Å². The fourth-order valence-corrected chi connectivity index (χ4v) is 1.15. The van der Waals surface area contributed by atoms with Gasteiger partial charge in [-0.3, -0.25) is 4.99 Å². The van der Waals surface area contributed by atoms with Crippen LogP contribution in [0, 0.1) is 0 Å². The van der Waals surface area contributed by atoms with E-state index in [4.69, 9.17) is 11.6 Å². The highest BCUT2D eigenvalue weighted by molar-refractivity contribution is 6.30.